The van der Waals surface area contributed by atoms with Crippen molar-refractivity contribution in [2.45, 2.75) is 13.8 Å². The molecule has 1 amide bonds. The van der Waals surface area contributed by atoms with Crippen molar-refractivity contribution in [3.05, 3.63) is 35.6 Å². The zero-order chi connectivity index (χ0) is 13.7. The Kier molecular flexibility index (Phi) is 4.79. The van der Waals surface area contributed by atoms with Gasteiger partial charge in [-0.2, -0.15) is 4.37 Å². The Morgan fingerprint density at radius 3 is 2.61 bits per heavy atom. The van der Waals surface area contributed by atoms with Crippen molar-refractivity contribution in [1.29, 1.82) is 0 Å². The lowest BCUT2D eigenvalue weighted by molar-refractivity contribution is -0.113. The summed E-state index contributed by atoms with van der Waals surface area (Å²) in [6.45, 7) is 3.45. The van der Waals surface area contributed by atoms with Gasteiger partial charge in [-0.05, 0) is 25.4 Å². The van der Waals surface area contributed by atoms with Crippen LogP contribution in [0.3, 0.4) is 0 Å². The SMILES string of the molecule is CC=CC=CC(=O)N(C)c1snc(C)c1C(=O)O. The minimum atomic E-state index is -1.08. The third kappa shape index (κ3) is 3.04. The molecule has 1 aromatic rings. The number of carbonyl (C=O) groups is 2. The molecule has 6 heteroatoms. The fraction of sp³-hybridized carbons (Fsp3) is 0.250. The van der Waals surface area contributed by atoms with Crippen molar-refractivity contribution >= 4 is 28.4 Å². The quantitative estimate of drug-likeness (QED) is 0.670. The monoisotopic (exact) mass is 266 g/mol. The molecule has 0 saturated heterocycles. The van der Waals surface area contributed by atoms with Crippen molar-refractivity contribution in [1.82, 2.24) is 4.37 Å². The Morgan fingerprint density at radius 2 is 2.06 bits per heavy atom. The molecule has 0 aliphatic heterocycles. The maximum absolute atomic E-state index is 11.8. The van der Waals surface area contributed by atoms with Crippen molar-refractivity contribution in [2.75, 3.05) is 11.9 Å². The van der Waals surface area contributed by atoms with Gasteiger partial charge in [0.2, 0.25) is 0 Å². The molecule has 0 aliphatic rings. The highest BCUT2D eigenvalue weighted by Gasteiger charge is 2.22. The highest BCUT2D eigenvalue weighted by molar-refractivity contribution is 7.11. The molecule has 0 spiro atoms. The van der Waals surface area contributed by atoms with Crippen molar-refractivity contribution in [3.63, 3.8) is 0 Å². The van der Waals surface area contributed by atoms with E-state index in [4.69, 9.17) is 5.11 Å². The van der Waals surface area contributed by atoms with Gasteiger partial charge < -0.3 is 10.0 Å². The summed E-state index contributed by atoms with van der Waals surface area (Å²) in [5.74, 6) is -1.37. The number of carboxylic acid groups (broad SMARTS) is 1. The molecule has 0 aromatic carbocycles. The van der Waals surface area contributed by atoms with E-state index in [2.05, 4.69) is 4.37 Å². The van der Waals surface area contributed by atoms with E-state index in [0.29, 0.717) is 10.7 Å². The topological polar surface area (TPSA) is 70.5 Å². The third-order valence-electron chi connectivity index (χ3n) is 2.24. The number of nitrogens with zero attached hydrogens (tertiary/aromatic N) is 2. The number of aryl methyl sites for hydroxylation is 1. The second-order valence-corrected chi connectivity index (χ2v) is 4.29. The average Bonchev–Trinajstić information content (AvgIpc) is 2.70. The van der Waals surface area contributed by atoms with Crippen molar-refractivity contribution < 1.29 is 14.7 Å². The second kappa shape index (κ2) is 6.11. The van der Waals surface area contributed by atoms with E-state index < -0.39 is 5.97 Å². The zero-order valence-corrected chi connectivity index (χ0v) is 11.2. The van der Waals surface area contributed by atoms with Gasteiger partial charge in [-0.25, -0.2) is 4.79 Å². The number of allylic oxidation sites excluding steroid dienone is 3. The lowest BCUT2D eigenvalue weighted by atomic mass is 10.2. The zero-order valence-electron chi connectivity index (χ0n) is 10.4. The van der Waals surface area contributed by atoms with Gasteiger partial charge in [0.15, 0.2) is 0 Å². The Balaban J connectivity index is 3.00. The number of likely N-dealkylation sites (N-methyl/N-ethyl adjacent to an activating group) is 1. The van der Waals surface area contributed by atoms with Crippen LogP contribution < -0.4 is 4.90 Å². The predicted molar refractivity (Wildman–Crippen MR) is 71.2 cm³/mol. The molecule has 1 rings (SSSR count). The molecule has 0 atom stereocenters. The maximum atomic E-state index is 11.8. The molecule has 0 bridgehead atoms. The van der Waals surface area contributed by atoms with E-state index in [1.165, 1.54) is 18.0 Å². The summed E-state index contributed by atoms with van der Waals surface area (Å²) in [5.41, 5.74) is 0.495. The van der Waals surface area contributed by atoms with E-state index >= 15 is 0 Å². The fourth-order valence-corrected chi connectivity index (χ4v) is 2.15. The minimum Gasteiger partial charge on any atom is -0.478 e. The molecule has 0 saturated carbocycles. The first-order valence-electron chi connectivity index (χ1n) is 5.25. The molecular weight excluding hydrogens is 252 g/mol. The number of hydrogen-bond donors (Lipinski definition) is 1. The number of hydrogen-bond acceptors (Lipinski definition) is 4. The molecule has 1 heterocycles. The molecule has 0 unspecified atom stereocenters. The van der Waals surface area contributed by atoms with Crippen LogP contribution in [0.1, 0.15) is 23.0 Å². The Labute approximate surface area is 109 Å². The molecule has 0 radical (unpaired) electrons. The van der Waals surface area contributed by atoms with Crippen LogP contribution in [-0.2, 0) is 4.79 Å². The predicted octanol–water partition coefficient (Wildman–Crippen LogP) is 2.24. The van der Waals surface area contributed by atoms with Gasteiger partial charge >= 0.3 is 5.97 Å². The highest BCUT2D eigenvalue weighted by Crippen LogP contribution is 2.27. The van der Waals surface area contributed by atoms with Crippen LogP contribution in [0.4, 0.5) is 5.00 Å². The molecule has 0 fully saturated rings. The van der Waals surface area contributed by atoms with Crippen LogP contribution in [-0.4, -0.2) is 28.4 Å². The second-order valence-electron chi connectivity index (χ2n) is 3.54. The van der Waals surface area contributed by atoms with Crippen LogP contribution >= 0.6 is 11.5 Å². The van der Waals surface area contributed by atoms with Crippen molar-refractivity contribution in [3.8, 4) is 0 Å². The Hall–Kier alpha value is -1.95. The Morgan fingerprint density at radius 1 is 1.39 bits per heavy atom. The molecule has 1 N–H and O–H groups in total. The first-order chi connectivity index (χ1) is 8.49. The van der Waals surface area contributed by atoms with Crippen molar-refractivity contribution in [2.24, 2.45) is 0 Å². The van der Waals surface area contributed by atoms with Gasteiger partial charge in [-0.3, -0.25) is 4.79 Å². The van der Waals surface area contributed by atoms with Crippen LogP contribution in [0.2, 0.25) is 0 Å². The van der Waals surface area contributed by atoms with Crippen LogP contribution in [0.25, 0.3) is 0 Å². The number of anilines is 1. The van der Waals surface area contributed by atoms with E-state index in [1.807, 2.05) is 6.92 Å². The summed E-state index contributed by atoms with van der Waals surface area (Å²) in [6, 6.07) is 0. The lowest BCUT2D eigenvalue weighted by Crippen LogP contribution is -2.24. The number of aromatic carboxylic acids is 1. The molecule has 5 nitrogen and oxygen atoms in total. The molecule has 1 aromatic heterocycles. The van der Waals surface area contributed by atoms with E-state index in [1.54, 1.807) is 25.2 Å². The van der Waals surface area contributed by atoms with Crippen LogP contribution in [0.15, 0.2) is 24.3 Å². The normalized spacial score (nSPS) is 11.3. The lowest BCUT2D eigenvalue weighted by Gasteiger charge is -2.13. The van der Waals surface area contributed by atoms with E-state index in [0.717, 1.165) is 11.5 Å². The molecular formula is C12H14N2O3S. The standard InChI is InChI=1S/C12H14N2O3S/c1-4-5-6-7-9(15)14(3)11-10(12(16)17)8(2)13-18-11/h4-7H,1-3H3,(H,16,17). The van der Waals surface area contributed by atoms with Gasteiger partial charge in [-0.1, -0.05) is 18.2 Å². The molecule has 96 valence electrons. The van der Waals surface area contributed by atoms with Gasteiger partial charge in [0.1, 0.15) is 10.6 Å². The Bertz CT molecular complexity index is 517. The molecule has 18 heavy (non-hydrogen) atoms. The average molecular weight is 266 g/mol. The summed E-state index contributed by atoms with van der Waals surface area (Å²) in [7, 11) is 1.53. The first-order valence-corrected chi connectivity index (χ1v) is 6.03. The van der Waals surface area contributed by atoms with Gasteiger partial charge in [0, 0.05) is 13.1 Å². The first kappa shape index (κ1) is 14.1. The highest BCUT2D eigenvalue weighted by atomic mass is 32.1. The van der Waals surface area contributed by atoms with E-state index in [-0.39, 0.29) is 11.5 Å². The summed E-state index contributed by atoms with van der Waals surface area (Å²) in [4.78, 5) is 24.2. The smallest absolute Gasteiger partial charge is 0.340 e. The van der Waals surface area contributed by atoms with Gasteiger partial charge in [0.25, 0.3) is 5.91 Å². The third-order valence-corrected chi connectivity index (χ3v) is 3.25. The summed E-state index contributed by atoms with van der Waals surface area (Å²) in [6.07, 6.45) is 6.50. The largest absolute Gasteiger partial charge is 0.478 e. The summed E-state index contributed by atoms with van der Waals surface area (Å²) < 4.78 is 3.97. The van der Waals surface area contributed by atoms with Gasteiger partial charge in [0.05, 0.1) is 5.69 Å². The van der Waals surface area contributed by atoms with Crippen LogP contribution in [0, 0.1) is 6.92 Å². The number of carboxylic acids is 1. The minimum absolute atomic E-state index is 0.0790. The molecule has 0 aliphatic carbocycles. The fourth-order valence-electron chi connectivity index (χ4n) is 1.29. The number of aromatic nitrogens is 1. The van der Waals surface area contributed by atoms with Gasteiger partial charge in [-0.15, -0.1) is 0 Å². The number of rotatable bonds is 4. The number of carbonyl (C=O) groups excluding carboxylic acids is 1. The maximum Gasteiger partial charge on any atom is 0.340 e. The number of amides is 1. The van der Waals surface area contributed by atoms with Crippen LogP contribution in [0.5, 0.6) is 0 Å². The summed E-state index contributed by atoms with van der Waals surface area (Å²) in [5, 5.41) is 9.42. The van der Waals surface area contributed by atoms with E-state index in [9.17, 15) is 9.59 Å². The summed E-state index contributed by atoms with van der Waals surface area (Å²) >= 11 is 1.00.